The molecule has 168 valence electrons. The van der Waals surface area contributed by atoms with E-state index in [9.17, 15) is 18.7 Å². The number of allylic oxidation sites excluding steroid dienone is 2. The number of nitrogens with one attached hydrogen (secondary N) is 1. The van der Waals surface area contributed by atoms with Gasteiger partial charge in [0.1, 0.15) is 18.1 Å². The van der Waals surface area contributed by atoms with E-state index < -0.39 is 30.2 Å². The predicted octanol–water partition coefficient (Wildman–Crippen LogP) is 3.22. The van der Waals surface area contributed by atoms with E-state index in [-0.39, 0.29) is 5.92 Å². The quantitative estimate of drug-likeness (QED) is 0.700. The fourth-order valence-electron chi connectivity index (χ4n) is 3.46. The molecule has 0 bridgehead atoms. The standard InChI is InChI=1S/C22H28F2N4O3/c1-13(2)20(26-21(30)22(4,23)24)14(3)31-17-7-8-18-15(10-17)11-25-28(18)16-6-9-19(29)27(5)12-16/h6-14,19-20,29H,1-5H3,(H,26,30)/t14-,19?,20+/m1/s1. The number of hydrogen-bond acceptors (Lipinski definition) is 5. The average molecular weight is 434 g/mol. The van der Waals surface area contributed by atoms with Crippen LogP contribution in [-0.4, -0.2) is 57.0 Å². The Balaban J connectivity index is 1.78. The highest BCUT2D eigenvalue weighted by molar-refractivity contribution is 5.84. The highest BCUT2D eigenvalue weighted by Crippen LogP contribution is 2.26. The van der Waals surface area contributed by atoms with Crippen molar-refractivity contribution in [3.05, 3.63) is 42.7 Å². The Morgan fingerprint density at radius 3 is 2.65 bits per heavy atom. The Bertz CT molecular complexity index is 1010. The van der Waals surface area contributed by atoms with Crippen LogP contribution >= 0.6 is 0 Å². The van der Waals surface area contributed by atoms with Crippen molar-refractivity contribution in [3.63, 3.8) is 0 Å². The third-order valence-corrected chi connectivity index (χ3v) is 5.22. The van der Waals surface area contributed by atoms with Gasteiger partial charge in [0.05, 0.1) is 23.5 Å². The highest BCUT2D eigenvalue weighted by Gasteiger charge is 2.36. The normalized spacial score (nSPS) is 18.8. The summed E-state index contributed by atoms with van der Waals surface area (Å²) in [6, 6.07) is 4.86. The minimum atomic E-state index is -3.45. The zero-order valence-electron chi connectivity index (χ0n) is 18.2. The van der Waals surface area contributed by atoms with Gasteiger partial charge in [-0.3, -0.25) is 4.79 Å². The summed E-state index contributed by atoms with van der Waals surface area (Å²) in [7, 11) is 1.77. The summed E-state index contributed by atoms with van der Waals surface area (Å²) in [6.45, 7) is 5.99. The number of fused-ring (bicyclic) bond motifs is 1. The summed E-state index contributed by atoms with van der Waals surface area (Å²) < 4.78 is 34.4. The van der Waals surface area contributed by atoms with Crippen LogP contribution in [0, 0.1) is 5.92 Å². The molecule has 0 saturated heterocycles. The molecule has 9 heteroatoms. The second kappa shape index (κ2) is 8.66. The molecule has 1 aliphatic heterocycles. The largest absolute Gasteiger partial charge is 0.489 e. The molecule has 2 N–H and O–H groups in total. The maximum Gasteiger partial charge on any atom is 0.321 e. The predicted molar refractivity (Wildman–Crippen MR) is 114 cm³/mol. The lowest BCUT2D eigenvalue weighted by Gasteiger charge is -2.30. The molecule has 0 fully saturated rings. The van der Waals surface area contributed by atoms with Crippen molar-refractivity contribution in [2.45, 2.75) is 52.0 Å². The van der Waals surface area contributed by atoms with Crippen LogP contribution in [0.5, 0.6) is 5.75 Å². The molecule has 0 radical (unpaired) electrons. The summed E-state index contributed by atoms with van der Waals surface area (Å²) in [4.78, 5) is 13.4. The third-order valence-electron chi connectivity index (χ3n) is 5.22. The van der Waals surface area contributed by atoms with Crippen LogP contribution in [0.2, 0.25) is 0 Å². The first-order valence-electron chi connectivity index (χ1n) is 10.1. The molecule has 31 heavy (non-hydrogen) atoms. The first-order chi connectivity index (χ1) is 14.5. The first kappa shape index (κ1) is 22.7. The van der Waals surface area contributed by atoms with Crippen molar-refractivity contribution >= 4 is 22.5 Å². The SMILES string of the molecule is CC(C)[C@H](NC(=O)C(C)(F)F)[C@@H](C)Oc1ccc2c(cnn2C2=CN(C)C(O)C=C2)c1. The summed E-state index contributed by atoms with van der Waals surface area (Å²) in [5, 5.41) is 17.4. The number of rotatable bonds is 7. The number of carbonyl (C=O) groups is 1. The molecule has 0 spiro atoms. The van der Waals surface area contributed by atoms with Crippen molar-refractivity contribution < 1.29 is 23.4 Å². The molecule has 2 heterocycles. The molecule has 1 amide bonds. The minimum Gasteiger partial charge on any atom is -0.489 e. The van der Waals surface area contributed by atoms with E-state index >= 15 is 0 Å². The Morgan fingerprint density at radius 2 is 2.03 bits per heavy atom. The van der Waals surface area contributed by atoms with E-state index in [1.165, 1.54) is 0 Å². The number of aliphatic hydroxyl groups is 1. The number of aliphatic hydroxyl groups excluding tert-OH is 1. The van der Waals surface area contributed by atoms with Gasteiger partial charge in [-0.05, 0) is 43.2 Å². The summed E-state index contributed by atoms with van der Waals surface area (Å²) in [5.74, 6) is -4.33. The Labute approximate surface area is 180 Å². The van der Waals surface area contributed by atoms with Crippen molar-refractivity contribution in [2.75, 3.05) is 7.05 Å². The van der Waals surface area contributed by atoms with Crippen LogP contribution in [-0.2, 0) is 4.79 Å². The van der Waals surface area contributed by atoms with Crippen molar-refractivity contribution in [1.82, 2.24) is 20.0 Å². The Hall–Kier alpha value is -2.94. The molecule has 2 aromatic rings. The first-order valence-corrected chi connectivity index (χ1v) is 10.1. The fourth-order valence-corrected chi connectivity index (χ4v) is 3.46. The maximum atomic E-state index is 13.3. The van der Waals surface area contributed by atoms with Crippen LogP contribution in [0.25, 0.3) is 16.6 Å². The van der Waals surface area contributed by atoms with E-state index in [0.717, 1.165) is 16.6 Å². The van der Waals surface area contributed by atoms with Gasteiger partial charge in [-0.15, -0.1) is 0 Å². The molecule has 1 unspecified atom stereocenters. The van der Waals surface area contributed by atoms with Crippen LogP contribution in [0.4, 0.5) is 8.78 Å². The van der Waals surface area contributed by atoms with Crippen LogP contribution in [0.15, 0.2) is 42.7 Å². The van der Waals surface area contributed by atoms with Crippen molar-refractivity contribution in [3.8, 4) is 5.75 Å². The van der Waals surface area contributed by atoms with Gasteiger partial charge in [-0.2, -0.15) is 13.9 Å². The topological polar surface area (TPSA) is 79.6 Å². The van der Waals surface area contributed by atoms with Crippen LogP contribution < -0.4 is 10.1 Å². The number of ether oxygens (including phenoxy) is 1. The number of hydrogen-bond donors (Lipinski definition) is 2. The molecule has 1 aromatic carbocycles. The van der Waals surface area contributed by atoms with Gasteiger partial charge in [0, 0.05) is 25.6 Å². The fraction of sp³-hybridized carbons (Fsp3) is 0.455. The summed E-state index contributed by atoms with van der Waals surface area (Å²) in [6.07, 6.45) is 5.76. The summed E-state index contributed by atoms with van der Waals surface area (Å²) in [5.41, 5.74) is 1.65. The summed E-state index contributed by atoms with van der Waals surface area (Å²) >= 11 is 0. The molecule has 0 aliphatic carbocycles. The lowest BCUT2D eigenvalue weighted by Crippen LogP contribution is -2.52. The highest BCUT2D eigenvalue weighted by atomic mass is 19.3. The smallest absolute Gasteiger partial charge is 0.321 e. The van der Waals surface area contributed by atoms with Gasteiger partial charge in [-0.25, -0.2) is 4.68 Å². The third kappa shape index (κ3) is 5.04. The molecule has 3 rings (SSSR count). The number of nitrogens with zero attached hydrogens (tertiary/aromatic N) is 3. The number of alkyl halides is 2. The molecular formula is C22H28F2N4O3. The van der Waals surface area contributed by atoms with Gasteiger partial charge in [-0.1, -0.05) is 13.8 Å². The van der Waals surface area contributed by atoms with Crippen LogP contribution in [0.3, 0.4) is 0 Å². The number of likely N-dealkylation sites (N-methyl/N-ethyl adjacent to an activating group) is 1. The van der Waals surface area contributed by atoms with Crippen molar-refractivity contribution in [1.29, 1.82) is 0 Å². The zero-order chi connectivity index (χ0) is 22.9. The monoisotopic (exact) mass is 434 g/mol. The minimum absolute atomic E-state index is 0.106. The van der Waals surface area contributed by atoms with Gasteiger partial charge < -0.3 is 20.1 Å². The molecule has 7 nitrogen and oxygen atoms in total. The zero-order valence-corrected chi connectivity index (χ0v) is 18.2. The second-order valence-corrected chi connectivity index (χ2v) is 8.22. The molecule has 3 atom stereocenters. The Morgan fingerprint density at radius 1 is 1.32 bits per heavy atom. The maximum absolute atomic E-state index is 13.3. The number of benzene rings is 1. The van der Waals surface area contributed by atoms with Gasteiger partial charge in [0.2, 0.25) is 0 Å². The lowest BCUT2D eigenvalue weighted by atomic mass is 9.99. The van der Waals surface area contributed by atoms with Gasteiger partial charge in [0.15, 0.2) is 0 Å². The number of carbonyl (C=O) groups excluding carboxylic acids is 1. The lowest BCUT2D eigenvalue weighted by molar-refractivity contribution is -0.144. The van der Waals surface area contributed by atoms with Crippen molar-refractivity contribution in [2.24, 2.45) is 5.92 Å². The number of amides is 1. The van der Waals surface area contributed by atoms with Gasteiger partial charge in [0.25, 0.3) is 5.91 Å². The van der Waals surface area contributed by atoms with Gasteiger partial charge >= 0.3 is 5.92 Å². The molecular weight excluding hydrogens is 406 g/mol. The van der Waals surface area contributed by atoms with E-state index in [0.29, 0.717) is 12.7 Å². The van der Waals surface area contributed by atoms with E-state index in [4.69, 9.17) is 4.74 Å². The molecule has 1 aromatic heterocycles. The van der Waals surface area contributed by atoms with E-state index in [2.05, 4.69) is 10.4 Å². The molecule has 0 saturated carbocycles. The second-order valence-electron chi connectivity index (χ2n) is 8.22. The van der Waals surface area contributed by atoms with E-state index in [1.807, 2.05) is 26.0 Å². The number of aromatic nitrogens is 2. The molecule has 1 aliphatic rings. The number of halogens is 2. The Kier molecular flexibility index (Phi) is 6.35. The van der Waals surface area contributed by atoms with Crippen LogP contribution in [0.1, 0.15) is 27.7 Å². The van der Waals surface area contributed by atoms with E-state index in [1.54, 1.807) is 54.2 Å². The average Bonchev–Trinajstić information content (AvgIpc) is 3.10.